The van der Waals surface area contributed by atoms with E-state index >= 15 is 0 Å². The number of amidine groups is 1. The van der Waals surface area contributed by atoms with Crippen LogP contribution in [0.4, 0.5) is 5.69 Å². The number of benzene rings is 2. The first-order valence-electron chi connectivity index (χ1n) is 9.05. The van der Waals surface area contributed by atoms with Crippen molar-refractivity contribution in [3.05, 3.63) is 75.3 Å². The van der Waals surface area contributed by atoms with Crippen LogP contribution < -0.4 is 5.32 Å². The van der Waals surface area contributed by atoms with E-state index in [1.54, 1.807) is 43.3 Å². The molecule has 154 valence electrons. The van der Waals surface area contributed by atoms with Crippen LogP contribution in [0, 0.1) is 10.1 Å². The lowest BCUT2D eigenvalue weighted by molar-refractivity contribution is -0.384. The predicted octanol–water partition coefficient (Wildman–Crippen LogP) is 2.94. The van der Waals surface area contributed by atoms with Gasteiger partial charge in [0.25, 0.3) is 5.69 Å². The highest BCUT2D eigenvalue weighted by Crippen LogP contribution is 2.23. The summed E-state index contributed by atoms with van der Waals surface area (Å²) in [6.45, 7) is 2.06. The number of thioether (sulfide) groups is 1. The van der Waals surface area contributed by atoms with Crippen LogP contribution in [-0.2, 0) is 16.0 Å². The van der Waals surface area contributed by atoms with Gasteiger partial charge in [0.15, 0.2) is 5.17 Å². The van der Waals surface area contributed by atoms with E-state index in [2.05, 4.69) is 15.5 Å². The molecule has 2 aromatic carbocycles. The van der Waals surface area contributed by atoms with Crippen molar-refractivity contribution in [1.29, 1.82) is 0 Å². The zero-order chi connectivity index (χ0) is 21.5. The Kier molecular flexibility index (Phi) is 6.91. The summed E-state index contributed by atoms with van der Waals surface area (Å²) < 4.78 is 4.95. The fourth-order valence-corrected chi connectivity index (χ4v) is 3.62. The Labute approximate surface area is 176 Å². The third-order valence-electron chi connectivity index (χ3n) is 4.10. The average molecular weight is 426 g/mol. The van der Waals surface area contributed by atoms with Gasteiger partial charge in [0.05, 0.1) is 28.6 Å². The summed E-state index contributed by atoms with van der Waals surface area (Å²) in [5.74, 6) is -0.563. The summed E-state index contributed by atoms with van der Waals surface area (Å²) in [5.41, 5.74) is 1.85. The molecule has 1 amide bonds. The minimum Gasteiger partial charge on any atom is -0.462 e. The van der Waals surface area contributed by atoms with Gasteiger partial charge in [0, 0.05) is 17.7 Å². The van der Waals surface area contributed by atoms with Crippen molar-refractivity contribution in [1.82, 2.24) is 5.32 Å². The number of esters is 1. The van der Waals surface area contributed by atoms with Crippen LogP contribution in [0.5, 0.6) is 0 Å². The molecule has 1 atom stereocenters. The van der Waals surface area contributed by atoms with Gasteiger partial charge < -0.3 is 10.1 Å². The zero-order valence-corrected chi connectivity index (χ0v) is 16.8. The standard InChI is InChI=1S/C20H18N4O5S/c1-2-29-19(26)15-8-6-13(7-9-15)11-17-18(25)22-20(30-17)23-21-12-14-4-3-5-16(10-14)24(27)28/h3-10,12,17H,2,11H2,1H3,(H,22,23,25)/b21-12+. The molecule has 1 heterocycles. The number of hydrogen-bond acceptors (Lipinski definition) is 8. The largest absolute Gasteiger partial charge is 0.462 e. The molecular weight excluding hydrogens is 408 g/mol. The van der Waals surface area contributed by atoms with Gasteiger partial charge in [-0.15, -0.1) is 5.10 Å². The molecule has 30 heavy (non-hydrogen) atoms. The molecule has 1 saturated heterocycles. The molecule has 10 heteroatoms. The first-order chi connectivity index (χ1) is 14.5. The highest BCUT2D eigenvalue weighted by Gasteiger charge is 2.30. The van der Waals surface area contributed by atoms with Crippen LogP contribution in [0.1, 0.15) is 28.4 Å². The quantitative estimate of drug-likeness (QED) is 0.314. The maximum atomic E-state index is 12.2. The van der Waals surface area contributed by atoms with Crippen molar-refractivity contribution in [2.75, 3.05) is 6.61 Å². The molecule has 3 rings (SSSR count). The van der Waals surface area contributed by atoms with E-state index in [0.717, 1.165) is 5.56 Å². The molecule has 1 aliphatic rings. The third-order valence-corrected chi connectivity index (χ3v) is 5.17. The van der Waals surface area contributed by atoms with Gasteiger partial charge in [-0.2, -0.15) is 5.10 Å². The molecule has 9 nitrogen and oxygen atoms in total. The molecule has 0 spiro atoms. The second-order valence-corrected chi connectivity index (χ2v) is 7.41. The maximum absolute atomic E-state index is 12.2. The Morgan fingerprint density at radius 1 is 1.30 bits per heavy atom. The van der Waals surface area contributed by atoms with E-state index in [1.807, 2.05) is 0 Å². The monoisotopic (exact) mass is 426 g/mol. The summed E-state index contributed by atoms with van der Waals surface area (Å²) in [5, 5.41) is 21.3. The zero-order valence-electron chi connectivity index (χ0n) is 16.0. The third kappa shape index (κ3) is 5.51. The Morgan fingerprint density at radius 2 is 2.07 bits per heavy atom. The summed E-state index contributed by atoms with van der Waals surface area (Å²) in [7, 11) is 0. The summed E-state index contributed by atoms with van der Waals surface area (Å²) in [4.78, 5) is 34.2. The van der Waals surface area contributed by atoms with Crippen molar-refractivity contribution in [3.8, 4) is 0 Å². The topological polar surface area (TPSA) is 123 Å². The number of hydrogen-bond donors (Lipinski definition) is 1. The van der Waals surface area contributed by atoms with Crippen molar-refractivity contribution >= 4 is 40.7 Å². The number of nitro groups is 1. The maximum Gasteiger partial charge on any atom is 0.338 e. The first-order valence-corrected chi connectivity index (χ1v) is 9.93. The first kappa shape index (κ1) is 21.2. The molecule has 1 N–H and O–H groups in total. The molecule has 1 fully saturated rings. The van der Waals surface area contributed by atoms with E-state index in [-0.39, 0.29) is 22.8 Å². The summed E-state index contributed by atoms with van der Waals surface area (Å²) >= 11 is 1.25. The van der Waals surface area contributed by atoms with Crippen LogP contribution in [-0.4, -0.2) is 40.0 Å². The van der Waals surface area contributed by atoms with Crippen LogP contribution in [0.2, 0.25) is 0 Å². The Bertz CT molecular complexity index is 1020. The van der Waals surface area contributed by atoms with Gasteiger partial charge in [0.2, 0.25) is 5.91 Å². The minimum absolute atomic E-state index is 0.0378. The smallest absolute Gasteiger partial charge is 0.338 e. The molecule has 1 aliphatic heterocycles. The molecular formula is C20H18N4O5S. The Morgan fingerprint density at radius 3 is 2.77 bits per heavy atom. The molecule has 0 saturated carbocycles. The second kappa shape index (κ2) is 9.79. The number of rotatable bonds is 7. The molecule has 0 aliphatic carbocycles. The highest BCUT2D eigenvalue weighted by atomic mass is 32.2. The molecule has 0 bridgehead atoms. The molecule has 1 unspecified atom stereocenters. The van der Waals surface area contributed by atoms with Crippen molar-refractivity contribution in [2.24, 2.45) is 10.2 Å². The van der Waals surface area contributed by atoms with E-state index in [1.165, 1.54) is 30.1 Å². The number of nitrogens with zero attached hydrogens (tertiary/aromatic N) is 3. The van der Waals surface area contributed by atoms with Gasteiger partial charge in [-0.25, -0.2) is 4.79 Å². The van der Waals surface area contributed by atoms with Crippen molar-refractivity contribution in [3.63, 3.8) is 0 Å². The lowest BCUT2D eigenvalue weighted by atomic mass is 10.1. The van der Waals surface area contributed by atoms with E-state index < -0.39 is 4.92 Å². The Hall–Kier alpha value is -3.53. The summed E-state index contributed by atoms with van der Waals surface area (Å²) in [6, 6.07) is 12.9. The van der Waals surface area contributed by atoms with Crippen LogP contribution in [0.25, 0.3) is 0 Å². The summed E-state index contributed by atoms with van der Waals surface area (Å²) in [6.07, 6.45) is 1.85. The van der Waals surface area contributed by atoms with Gasteiger partial charge in [-0.1, -0.05) is 36.0 Å². The number of amides is 1. The minimum atomic E-state index is -0.486. The molecule has 2 aromatic rings. The van der Waals surface area contributed by atoms with Gasteiger partial charge in [-0.3, -0.25) is 14.9 Å². The van der Waals surface area contributed by atoms with Gasteiger partial charge >= 0.3 is 5.97 Å². The van der Waals surface area contributed by atoms with E-state index in [4.69, 9.17) is 4.74 Å². The number of non-ortho nitro benzene ring substituents is 1. The predicted molar refractivity (Wildman–Crippen MR) is 114 cm³/mol. The fourth-order valence-electron chi connectivity index (χ4n) is 2.66. The average Bonchev–Trinajstić information content (AvgIpc) is 3.08. The number of ether oxygens (including phenoxy) is 1. The van der Waals surface area contributed by atoms with E-state index in [9.17, 15) is 19.7 Å². The number of nitrogens with one attached hydrogen (secondary N) is 1. The highest BCUT2D eigenvalue weighted by molar-refractivity contribution is 8.15. The van der Waals surface area contributed by atoms with Crippen LogP contribution >= 0.6 is 11.8 Å². The van der Waals surface area contributed by atoms with Crippen LogP contribution in [0.3, 0.4) is 0 Å². The normalized spacial score (nSPS) is 17.3. The molecule has 0 radical (unpaired) electrons. The lowest BCUT2D eigenvalue weighted by Gasteiger charge is -2.06. The second-order valence-electron chi connectivity index (χ2n) is 6.22. The lowest BCUT2D eigenvalue weighted by Crippen LogP contribution is -2.25. The SMILES string of the molecule is CCOC(=O)c1ccc(CC2S/C(=N/N=C/c3cccc([N+](=O)[O-])c3)NC2=O)cc1. The number of nitro benzene ring substituents is 1. The van der Waals surface area contributed by atoms with Crippen molar-refractivity contribution < 1.29 is 19.2 Å². The fraction of sp³-hybridized carbons (Fsp3) is 0.200. The van der Waals surface area contributed by atoms with Gasteiger partial charge in [0.1, 0.15) is 0 Å². The molecule has 0 aromatic heterocycles. The van der Waals surface area contributed by atoms with Crippen LogP contribution in [0.15, 0.2) is 58.7 Å². The number of carbonyl (C=O) groups is 2. The van der Waals surface area contributed by atoms with E-state index in [0.29, 0.717) is 29.3 Å². The Balaban J connectivity index is 1.60. The number of carbonyl (C=O) groups excluding carboxylic acids is 2. The van der Waals surface area contributed by atoms with Gasteiger partial charge in [-0.05, 0) is 31.0 Å². The van der Waals surface area contributed by atoms with Crippen molar-refractivity contribution in [2.45, 2.75) is 18.6 Å².